The molecule has 2 heterocycles. The largest absolute Gasteiger partial charge is 0.437 e. The summed E-state index contributed by atoms with van der Waals surface area (Å²) in [6.07, 6.45) is -3.20. The molecule has 2 rings (SSSR count). The average Bonchev–Trinajstić information content (AvgIpc) is 2.82. The molecule has 0 aliphatic rings. The molecule has 0 aliphatic carbocycles. The zero-order valence-corrected chi connectivity index (χ0v) is 11.0. The first-order valence-electron chi connectivity index (χ1n) is 5.64. The van der Waals surface area contributed by atoms with E-state index in [1.54, 1.807) is 14.0 Å². The number of carbonyl (C=O) groups excluding carboxylic acids is 1. The molecule has 108 valence electrons. The molecule has 0 aliphatic heterocycles. The molecule has 0 aromatic carbocycles. The summed E-state index contributed by atoms with van der Waals surface area (Å²) in [6, 6.07) is 0. The Morgan fingerprint density at radius 2 is 2.05 bits per heavy atom. The topological polar surface area (TPSA) is 75.6 Å². The summed E-state index contributed by atoms with van der Waals surface area (Å²) < 4.78 is 39.7. The SMILES string of the molecule is Cc1nn(C)cc1C(=O)Nc1c(C(F)(F)F)n[nH]c1C. The molecule has 20 heavy (non-hydrogen) atoms. The van der Waals surface area contributed by atoms with Gasteiger partial charge in [-0.1, -0.05) is 0 Å². The van der Waals surface area contributed by atoms with Crippen LogP contribution in [0.15, 0.2) is 6.20 Å². The van der Waals surface area contributed by atoms with Gasteiger partial charge in [0.2, 0.25) is 0 Å². The molecule has 0 radical (unpaired) electrons. The number of anilines is 1. The number of hydrogen-bond donors (Lipinski definition) is 2. The number of halogens is 3. The van der Waals surface area contributed by atoms with Crippen LogP contribution in [0.3, 0.4) is 0 Å². The van der Waals surface area contributed by atoms with Gasteiger partial charge in [-0.05, 0) is 13.8 Å². The van der Waals surface area contributed by atoms with Gasteiger partial charge in [0.15, 0.2) is 5.69 Å². The fourth-order valence-electron chi connectivity index (χ4n) is 1.79. The second kappa shape index (κ2) is 4.66. The van der Waals surface area contributed by atoms with Crippen molar-refractivity contribution in [3.05, 3.63) is 28.8 Å². The first-order chi connectivity index (χ1) is 9.20. The Labute approximate surface area is 112 Å². The average molecular weight is 287 g/mol. The first kappa shape index (κ1) is 14.1. The number of carbonyl (C=O) groups is 1. The molecule has 1 amide bonds. The van der Waals surface area contributed by atoms with Gasteiger partial charge in [0.25, 0.3) is 5.91 Å². The number of hydrogen-bond acceptors (Lipinski definition) is 3. The van der Waals surface area contributed by atoms with E-state index in [-0.39, 0.29) is 16.9 Å². The summed E-state index contributed by atoms with van der Waals surface area (Å²) in [4.78, 5) is 12.0. The highest BCUT2D eigenvalue weighted by Crippen LogP contribution is 2.34. The highest BCUT2D eigenvalue weighted by molar-refractivity contribution is 6.05. The fraction of sp³-hybridized carbons (Fsp3) is 0.364. The molecule has 2 N–H and O–H groups in total. The lowest BCUT2D eigenvalue weighted by molar-refractivity contribution is -0.140. The van der Waals surface area contributed by atoms with E-state index >= 15 is 0 Å². The minimum Gasteiger partial charge on any atom is -0.318 e. The van der Waals surface area contributed by atoms with Crippen molar-refractivity contribution in [2.45, 2.75) is 20.0 Å². The van der Waals surface area contributed by atoms with Gasteiger partial charge in [0.1, 0.15) is 0 Å². The van der Waals surface area contributed by atoms with Crippen LogP contribution >= 0.6 is 0 Å². The Bertz CT molecular complexity index is 656. The zero-order valence-electron chi connectivity index (χ0n) is 11.0. The molecule has 0 fully saturated rings. The van der Waals surface area contributed by atoms with E-state index in [1.165, 1.54) is 17.8 Å². The van der Waals surface area contributed by atoms with E-state index in [2.05, 4.69) is 20.6 Å². The van der Waals surface area contributed by atoms with Crippen LogP contribution in [-0.4, -0.2) is 25.9 Å². The Morgan fingerprint density at radius 1 is 1.40 bits per heavy atom. The monoisotopic (exact) mass is 287 g/mol. The molecule has 6 nitrogen and oxygen atoms in total. The van der Waals surface area contributed by atoms with Crippen molar-refractivity contribution >= 4 is 11.6 Å². The van der Waals surface area contributed by atoms with Gasteiger partial charge in [-0.3, -0.25) is 14.6 Å². The van der Waals surface area contributed by atoms with E-state index in [0.717, 1.165) is 0 Å². The molecular formula is C11H12F3N5O. The third-order valence-electron chi connectivity index (χ3n) is 2.71. The lowest BCUT2D eigenvalue weighted by Crippen LogP contribution is -2.17. The number of aromatic amines is 1. The summed E-state index contributed by atoms with van der Waals surface area (Å²) in [7, 11) is 1.62. The maximum absolute atomic E-state index is 12.7. The summed E-state index contributed by atoms with van der Waals surface area (Å²) in [6.45, 7) is 3.00. The predicted octanol–water partition coefficient (Wildman–Crippen LogP) is 2.03. The Kier molecular flexibility index (Phi) is 3.28. The third-order valence-corrected chi connectivity index (χ3v) is 2.71. The Morgan fingerprint density at radius 3 is 2.55 bits per heavy atom. The van der Waals surface area contributed by atoms with E-state index in [4.69, 9.17) is 0 Å². The van der Waals surface area contributed by atoms with Crippen molar-refractivity contribution < 1.29 is 18.0 Å². The van der Waals surface area contributed by atoms with Gasteiger partial charge in [0, 0.05) is 13.2 Å². The van der Waals surface area contributed by atoms with Gasteiger partial charge >= 0.3 is 6.18 Å². The smallest absolute Gasteiger partial charge is 0.318 e. The van der Waals surface area contributed by atoms with Crippen LogP contribution in [0.5, 0.6) is 0 Å². The standard InChI is InChI=1S/C11H12F3N5O/c1-5-7(4-19(3)18-5)10(20)15-8-6(2)16-17-9(8)11(12,13)14/h4H,1-3H3,(H,15,20)(H,16,17). The van der Waals surface area contributed by atoms with Crippen LogP contribution < -0.4 is 5.32 Å². The van der Waals surface area contributed by atoms with Gasteiger partial charge in [-0.2, -0.15) is 23.4 Å². The summed E-state index contributed by atoms with van der Waals surface area (Å²) in [5, 5.41) is 11.6. The molecule has 0 bridgehead atoms. The lowest BCUT2D eigenvalue weighted by atomic mass is 10.2. The van der Waals surface area contributed by atoms with Crippen LogP contribution in [-0.2, 0) is 13.2 Å². The molecule has 0 saturated carbocycles. The second-order valence-electron chi connectivity index (χ2n) is 4.33. The summed E-state index contributed by atoms with van der Waals surface area (Å²) >= 11 is 0. The minimum atomic E-state index is -4.64. The van der Waals surface area contributed by atoms with Gasteiger partial charge in [-0.15, -0.1) is 0 Å². The van der Waals surface area contributed by atoms with Crippen molar-refractivity contribution in [1.29, 1.82) is 0 Å². The Balaban J connectivity index is 2.33. The van der Waals surface area contributed by atoms with Crippen molar-refractivity contribution in [1.82, 2.24) is 20.0 Å². The van der Waals surface area contributed by atoms with E-state index in [9.17, 15) is 18.0 Å². The molecule has 0 spiro atoms. The lowest BCUT2D eigenvalue weighted by Gasteiger charge is -2.08. The third kappa shape index (κ3) is 2.51. The highest BCUT2D eigenvalue weighted by atomic mass is 19.4. The van der Waals surface area contributed by atoms with Crippen molar-refractivity contribution in [2.24, 2.45) is 7.05 Å². The maximum Gasteiger partial charge on any atom is 0.437 e. The van der Waals surface area contributed by atoms with Crippen molar-refractivity contribution in [3.63, 3.8) is 0 Å². The summed E-state index contributed by atoms with van der Waals surface area (Å²) in [5.41, 5.74) is -0.746. The minimum absolute atomic E-state index is 0.132. The number of nitrogens with zero attached hydrogens (tertiary/aromatic N) is 3. The molecule has 0 atom stereocenters. The van der Waals surface area contributed by atoms with Gasteiger partial charge in [0.05, 0.1) is 22.6 Å². The van der Waals surface area contributed by atoms with Crippen LogP contribution in [0.1, 0.15) is 27.4 Å². The number of alkyl halides is 3. The van der Waals surface area contributed by atoms with E-state index < -0.39 is 17.8 Å². The molecular weight excluding hydrogens is 275 g/mol. The number of aromatic nitrogens is 4. The predicted molar refractivity (Wildman–Crippen MR) is 64.2 cm³/mol. The second-order valence-corrected chi connectivity index (χ2v) is 4.33. The fourth-order valence-corrected chi connectivity index (χ4v) is 1.79. The number of H-pyrrole nitrogens is 1. The highest BCUT2D eigenvalue weighted by Gasteiger charge is 2.38. The van der Waals surface area contributed by atoms with Gasteiger partial charge in [-0.25, -0.2) is 0 Å². The molecule has 9 heteroatoms. The van der Waals surface area contributed by atoms with Crippen LogP contribution in [0.4, 0.5) is 18.9 Å². The molecule has 0 saturated heterocycles. The van der Waals surface area contributed by atoms with Crippen molar-refractivity contribution in [2.75, 3.05) is 5.32 Å². The molecule has 2 aromatic rings. The van der Waals surface area contributed by atoms with Crippen molar-refractivity contribution in [3.8, 4) is 0 Å². The van der Waals surface area contributed by atoms with E-state index in [0.29, 0.717) is 5.69 Å². The Hall–Kier alpha value is -2.32. The van der Waals surface area contributed by atoms with Gasteiger partial charge < -0.3 is 5.32 Å². The molecule has 0 unspecified atom stereocenters. The molecule has 2 aromatic heterocycles. The van der Waals surface area contributed by atoms with E-state index in [1.807, 2.05) is 0 Å². The number of aryl methyl sites for hydroxylation is 3. The zero-order chi connectivity index (χ0) is 15.1. The summed E-state index contributed by atoms with van der Waals surface area (Å²) in [5.74, 6) is -0.661. The maximum atomic E-state index is 12.7. The first-order valence-corrected chi connectivity index (χ1v) is 5.64. The number of nitrogens with one attached hydrogen (secondary N) is 2. The quantitative estimate of drug-likeness (QED) is 0.887. The number of amides is 1. The van der Waals surface area contributed by atoms with Crippen LogP contribution in [0.25, 0.3) is 0 Å². The normalized spacial score (nSPS) is 11.7. The number of rotatable bonds is 2. The van der Waals surface area contributed by atoms with Crippen LogP contribution in [0.2, 0.25) is 0 Å². The van der Waals surface area contributed by atoms with Crippen LogP contribution in [0, 0.1) is 13.8 Å².